The van der Waals surface area contributed by atoms with E-state index in [0.29, 0.717) is 0 Å². The minimum atomic E-state index is 1.30. The van der Waals surface area contributed by atoms with E-state index in [4.69, 9.17) is 0 Å². The van der Waals surface area contributed by atoms with E-state index in [9.17, 15) is 0 Å². The van der Waals surface area contributed by atoms with Crippen molar-refractivity contribution in [2.75, 3.05) is 0 Å². The molecule has 0 aliphatic heterocycles. The number of hydrogen-bond donors (Lipinski definition) is 0. The van der Waals surface area contributed by atoms with Gasteiger partial charge in [0.15, 0.2) is 0 Å². The maximum atomic E-state index is 2.43. The van der Waals surface area contributed by atoms with Crippen LogP contribution in [0.2, 0.25) is 0 Å². The SMILES string of the molecule is CCCCCCCC/C=C/CCCCCCCCC/C=C/CCCCCCCC. The van der Waals surface area contributed by atoms with Crippen molar-refractivity contribution >= 4 is 0 Å². The lowest BCUT2D eigenvalue weighted by atomic mass is 10.1. The molecule has 0 unspecified atom stereocenters. The molecule has 0 aromatic rings. The summed E-state index contributed by atoms with van der Waals surface area (Å²) in [5.41, 5.74) is 0. The summed E-state index contributed by atoms with van der Waals surface area (Å²) in [7, 11) is 0. The third-order valence-electron chi connectivity index (χ3n) is 6.02. The van der Waals surface area contributed by atoms with E-state index in [1.807, 2.05) is 0 Å². The Morgan fingerprint density at radius 2 is 0.483 bits per heavy atom. The second kappa shape index (κ2) is 27.5. The summed E-state index contributed by atoms with van der Waals surface area (Å²) in [5.74, 6) is 0. The summed E-state index contributed by atoms with van der Waals surface area (Å²) in [6, 6.07) is 0. The molecule has 29 heavy (non-hydrogen) atoms. The second-order valence-electron chi connectivity index (χ2n) is 9.11. The van der Waals surface area contributed by atoms with Crippen LogP contribution < -0.4 is 0 Å². The smallest absolute Gasteiger partial charge is 0.0351 e. The fourth-order valence-electron chi connectivity index (χ4n) is 3.96. The van der Waals surface area contributed by atoms with Crippen molar-refractivity contribution in [1.82, 2.24) is 0 Å². The average molecular weight is 405 g/mol. The Morgan fingerprint density at radius 1 is 0.276 bits per heavy atom. The molecular weight excluding hydrogens is 348 g/mol. The van der Waals surface area contributed by atoms with Gasteiger partial charge in [0.05, 0.1) is 0 Å². The van der Waals surface area contributed by atoms with Crippen molar-refractivity contribution in [2.24, 2.45) is 0 Å². The van der Waals surface area contributed by atoms with Crippen LogP contribution >= 0.6 is 0 Å². The lowest BCUT2D eigenvalue weighted by molar-refractivity contribution is 0.582. The van der Waals surface area contributed by atoms with Gasteiger partial charge < -0.3 is 0 Å². The van der Waals surface area contributed by atoms with Crippen LogP contribution in [0.25, 0.3) is 0 Å². The number of rotatable bonds is 24. The van der Waals surface area contributed by atoms with Crippen LogP contribution in [0.15, 0.2) is 24.3 Å². The Hall–Kier alpha value is -0.520. The summed E-state index contributed by atoms with van der Waals surface area (Å²) in [6.45, 7) is 4.58. The summed E-state index contributed by atoms with van der Waals surface area (Å²) in [4.78, 5) is 0. The van der Waals surface area contributed by atoms with E-state index >= 15 is 0 Å². The predicted molar refractivity (Wildman–Crippen MR) is 136 cm³/mol. The molecule has 0 heteroatoms. The molecule has 172 valence electrons. The van der Waals surface area contributed by atoms with Gasteiger partial charge in [0.1, 0.15) is 0 Å². The van der Waals surface area contributed by atoms with Gasteiger partial charge in [-0.3, -0.25) is 0 Å². The van der Waals surface area contributed by atoms with E-state index in [2.05, 4.69) is 38.2 Å². The van der Waals surface area contributed by atoms with Crippen LogP contribution in [0.3, 0.4) is 0 Å². The van der Waals surface area contributed by atoms with Crippen molar-refractivity contribution in [2.45, 2.75) is 162 Å². The molecule has 0 nitrogen and oxygen atoms in total. The highest BCUT2D eigenvalue weighted by molar-refractivity contribution is 4.82. The molecule has 0 aromatic heterocycles. The van der Waals surface area contributed by atoms with Crippen molar-refractivity contribution in [3.8, 4) is 0 Å². The van der Waals surface area contributed by atoms with Gasteiger partial charge in [-0.2, -0.15) is 0 Å². The topological polar surface area (TPSA) is 0 Å². The minimum Gasteiger partial charge on any atom is -0.0885 e. The lowest BCUT2D eigenvalue weighted by Crippen LogP contribution is -1.81. The van der Waals surface area contributed by atoms with E-state index in [0.717, 1.165) is 0 Å². The first kappa shape index (κ1) is 28.5. The van der Waals surface area contributed by atoms with Crippen molar-refractivity contribution in [3.63, 3.8) is 0 Å². The first-order chi connectivity index (χ1) is 14.4. The van der Waals surface area contributed by atoms with Crippen LogP contribution in [-0.2, 0) is 0 Å². The molecule has 0 saturated carbocycles. The van der Waals surface area contributed by atoms with Crippen LogP contribution in [0.4, 0.5) is 0 Å². The van der Waals surface area contributed by atoms with Crippen molar-refractivity contribution < 1.29 is 0 Å². The highest BCUT2D eigenvalue weighted by Gasteiger charge is 1.92. The summed E-state index contributed by atoms with van der Waals surface area (Å²) in [5, 5.41) is 0. The average Bonchev–Trinajstić information content (AvgIpc) is 2.74. The second-order valence-corrected chi connectivity index (χ2v) is 9.11. The molecule has 0 bridgehead atoms. The molecule has 0 N–H and O–H groups in total. The maximum absolute atomic E-state index is 2.43. The van der Waals surface area contributed by atoms with Gasteiger partial charge in [0, 0.05) is 0 Å². The third-order valence-corrected chi connectivity index (χ3v) is 6.02. The van der Waals surface area contributed by atoms with Crippen LogP contribution in [0.1, 0.15) is 162 Å². The van der Waals surface area contributed by atoms with Gasteiger partial charge in [-0.1, -0.05) is 134 Å². The summed E-state index contributed by atoms with van der Waals surface area (Å²) in [6.07, 6.45) is 41.9. The fraction of sp³-hybridized carbons (Fsp3) is 0.862. The summed E-state index contributed by atoms with van der Waals surface area (Å²) >= 11 is 0. The van der Waals surface area contributed by atoms with Crippen LogP contribution in [0, 0.1) is 0 Å². The Labute approximate surface area is 186 Å². The van der Waals surface area contributed by atoms with Gasteiger partial charge in [0.2, 0.25) is 0 Å². The predicted octanol–water partition coefficient (Wildman–Crippen LogP) is 11.1. The van der Waals surface area contributed by atoms with E-state index in [1.165, 1.54) is 148 Å². The van der Waals surface area contributed by atoms with Crippen molar-refractivity contribution in [1.29, 1.82) is 0 Å². The zero-order chi connectivity index (χ0) is 21.1. The molecule has 0 rings (SSSR count). The van der Waals surface area contributed by atoms with Gasteiger partial charge in [-0.15, -0.1) is 0 Å². The van der Waals surface area contributed by atoms with Crippen LogP contribution in [-0.4, -0.2) is 0 Å². The largest absolute Gasteiger partial charge is 0.0885 e. The molecule has 0 aliphatic rings. The molecule has 0 heterocycles. The Kier molecular flexibility index (Phi) is 27.0. The Balaban J connectivity index is 3.11. The quantitative estimate of drug-likeness (QED) is 0.111. The maximum Gasteiger partial charge on any atom is -0.0351 e. The van der Waals surface area contributed by atoms with E-state index < -0.39 is 0 Å². The van der Waals surface area contributed by atoms with Gasteiger partial charge in [0.25, 0.3) is 0 Å². The van der Waals surface area contributed by atoms with Crippen molar-refractivity contribution in [3.05, 3.63) is 24.3 Å². The normalized spacial score (nSPS) is 11.9. The number of allylic oxidation sites excluding steroid dienone is 4. The zero-order valence-electron chi connectivity index (χ0n) is 20.6. The minimum absolute atomic E-state index is 1.30. The first-order valence-corrected chi connectivity index (χ1v) is 13.7. The Morgan fingerprint density at radius 3 is 0.724 bits per heavy atom. The first-order valence-electron chi connectivity index (χ1n) is 13.7. The highest BCUT2D eigenvalue weighted by Crippen LogP contribution is 2.12. The number of hydrogen-bond acceptors (Lipinski definition) is 0. The molecule has 0 radical (unpaired) electrons. The molecule has 0 fully saturated rings. The summed E-state index contributed by atoms with van der Waals surface area (Å²) < 4.78 is 0. The molecule has 0 aromatic carbocycles. The van der Waals surface area contributed by atoms with Gasteiger partial charge in [-0.25, -0.2) is 0 Å². The fourth-order valence-corrected chi connectivity index (χ4v) is 3.96. The lowest BCUT2D eigenvalue weighted by Gasteiger charge is -2.00. The molecule has 0 saturated heterocycles. The highest BCUT2D eigenvalue weighted by atomic mass is 14.0. The van der Waals surface area contributed by atoms with Gasteiger partial charge in [-0.05, 0) is 51.4 Å². The Bertz CT molecular complexity index is 293. The molecule has 0 atom stereocenters. The van der Waals surface area contributed by atoms with E-state index in [1.54, 1.807) is 0 Å². The standard InChI is InChI=1S/C29H56/c1-3-5-7-9-11-13-15-17-19-21-23-25-27-29-28-26-24-22-20-18-16-14-12-10-8-6-4-2/h17-20H,3-16,21-29H2,1-2H3/b19-17+,20-18+. The molecular formula is C29H56. The molecule has 0 spiro atoms. The molecule has 0 amide bonds. The monoisotopic (exact) mass is 404 g/mol. The van der Waals surface area contributed by atoms with E-state index in [-0.39, 0.29) is 0 Å². The van der Waals surface area contributed by atoms with Gasteiger partial charge >= 0.3 is 0 Å². The molecule has 0 aliphatic carbocycles. The number of unbranched alkanes of at least 4 members (excludes halogenated alkanes) is 20. The van der Waals surface area contributed by atoms with Crippen LogP contribution in [0.5, 0.6) is 0 Å². The third kappa shape index (κ3) is 27.5. The zero-order valence-corrected chi connectivity index (χ0v) is 20.6.